The quantitative estimate of drug-likeness (QED) is 0.813. The summed E-state index contributed by atoms with van der Waals surface area (Å²) in [5, 5.41) is 11.9. The van der Waals surface area contributed by atoms with E-state index in [-0.39, 0.29) is 0 Å². The van der Waals surface area contributed by atoms with Gasteiger partial charge in [0, 0.05) is 13.7 Å². The molecular formula is C12H15N2O2PS. The van der Waals surface area contributed by atoms with E-state index in [0.717, 1.165) is 6.54 Å². The predicted octanol–water partition coefficient (Wildman–Crippen LogP) is 2.81. The lowest BCUT2D eigenvalue weighted by molar-refractivity contribution is 0.379. The highest BCUT2D eigenvalue weighted by Crippen LogP contribution is 2.44. The van der Waals surface area contributed by atoms with Gasteiger partial charge in [-0.1, -0.05) is 0 Å². The maximum Gasteiger partial charge on any atom is 0.312 e. The minimum Gasteiger partial charge on any atom is -0.433 e. The van der Waals surface area contributed by atoms with Gasteiger partial charge in [-0.2, -0.15) is 5.26 Å². The Morgan fingerprint density at radius 2 is 2.11 bits per heavy atom. The van der Waals surface area contributed by atoms with E-state index in [1.165, 1.54) is 12.8 Å². The van der Waals surface area contributed by atoms with Crippen molar-refractivity contribution in [3.05, 3.63) is 29.8 Å². The summed E-state index contributed by atoms with van der Waals surface area (Å²) in [7, 11) is 1.56. The van der Waals surface area contributed by atoms with Gasteiger partial charge in [-0.25, -0.2) is 5.09 Å². The summed E-state index contributed by atoms with van der Waals surface area (Å²) in [5.41, 5.74) is 0.596. The Balaban J connectivity index is 1.98. The Bertz CT molecular complexity index is 494. The molecule has 0 aliphatic heterocycles. The maximum atomic E-state index is 8.72. The van der Waals surface area contributed by atoms with Crippen LogP contribution in [-0.2, 0) is 16.3 Å². The van der Waals surface area contributed by atoms with Crippen LogP contribution in [0, 0.1) is 17.2 Å². The van der Waals surface area contributed by atoms with Crippen LogP contribution in [0.15, 0.2) is 24.3 Å². The zero-order chi connectivity index (χ0) is 13.0. The summed E-state index contributed by atoms with van der Waals surface area (Å²) in [6.07, 6.45) is 2.51. The van der Waals surface area contributed by atoms with Gasteiger partial charge in [0.1, 0.15) is 5.75 Å². The van der Waals surface area contributed by atoms with Gasteiger partial charge in [0.15, 0.2) is 0 Å². The second-order valence-corrected chi connectivity index (χ2v) is 7.51. The lowest BCUT2D eigenvalue weighted by Crippen LogP contribution is -2.18. The highest BCUT2D eigenvalue weighted by Gasteiger charge is 2.26. The molecule has 1 atom stereocenters. The molecule has 0 saturated heterocycles. The number of nitriles is 1. The van der Waals surface area contributed by atoms with Gasteiger partial charge < -0.3 is 9.05 Å². The molecule has 0 aromatic heterocycles. The number of benzene rings is 1. The van der Waals surface area contributed by atoms with E-state index in [2.05, 4.69) is 11.2 Å². The van der Waals surface area contributed by atoms with Gasteiger partial charge in [0.05, 0.1) is 11.6 Å². The molecule has 1 aliphatic carbocycles. The molecule has 2 rings (SSSR count). The van der Waals surface area contributed by atoms with Crippen LogP contribution >= 0.6 is 6.64 Å². The van der Waals surface area contributed by atoms with Crippen molar-refractivity contribution in [3.63, 3.8) is 0 Å². The first kappa shape index (κ1) is 13.5. The summed E-state index contributed by atoms with van der Waals surface area (Å²) < 4.78 is 11.0. The van der Waals surface area contributed by atoms with Crippen LogP contribution in [0.4, 0.5) is 0 Å². The molecule has 0 spiro atoms. The zero-order valence-corrected chi connectivity index (χ0v) is 11.8. The lowest BCUT2D eigenvalue weighted by Gasteiger charge is -2.21. The summed E-state index contributed by atoms with van der Waals surface area (Å²) in [6.45, 7) is -1.61. The number of hydrogen-bond donors (Lipinski definition) is 1. The van der Waals surface area contributed by atoms with Gasteiger partial charge in [-0.15, -0.1) is 0 Å². The summed E-state index contributed by atoms with van der Waals surface area (Å²) in [5.74, 6) is 1.34. The molecule has 1 unspecified atom stereocenters. The molecule has 0 radical (unpaired) electrons. The van der Waals surface area contributed by atoms with Crippen molar-refractivity contribution in [1.29, 1.82) is 5.26 Å². The number of nitrogens with zero attached hydrogens (tertiary/aromatic N) is 1. The molecule has 1 aromatic carbocycles. The first-order valence-electron chi connectivity index (χ1n) is 5.76. The van der Waals surface area contributed by atoms with Crippen LogP contribution in [0.1, 0.15) is 18.4 Å². The van der Waals surface area contributed by atoms with Crippen molar-refractivity contribution in [1.82, 2.24) is 5.09 Å². The topological polar surface area (TPSA) is 54.3 Å². The fourth-order valence-corrected chi connectivity index (χ4v) is 3.06. The van der Waals surface area contributed by atoms with Crippen LogP contribution in [0.25, 0.3) is 0 Å². The molecule has 0 amide bonds. The molecule has 1 aliphatic rings. The molecular weight excluding hydrogens is 267 g/mol. The molecule has 0 bridgehead atoms. The van der Waals surface area contributed by atoms with Crippen molar-refractivity contribution < 1.29 is 9.05 Å². The van der Waals surface area contributed by atoms with Crippen molar-refractivity contribution in [3.8, 4) is 11.8 Å². The molecule has 1 N–H and O–H groups in total. The van der Waals surface area contributed by atoms with Gasteiger partial charge in [0.2, 0.25) is 0 Å². The highest BCUT2D eigenvalue weighted by atomic mass is 32.5. The van der Waals surface area contributed by atoms with E-state index in [0.29, 0.717) is 17.2 Å². The monoisotopic (exact) mass is 282 g/mol. The second-order valence-electron chi connectivity index (χ2n) is 4.21. The van der Waals surface area contributed by atoms with Crippen molar-refractivity contribution >= 4 is 18.4 Å². The van der Waals surface area contributed by atoms with Gasteiger partial charge >= 0.3 is 6.64 Å². The van der Waals surface area contributed by atoms with Gasteiger partial charge in [-0.3, -0.25) is 0 Å². The third-order valence-electron chi connectivity index (χ3n) is 2.72. The number of rotatable bonds is 6. The van der Waals surface area contributed by atoms with Crippen LogP contribution < -0.4 is 9.61 Å². The van der Waals surface area contributed by atoms with Crippen molar-refractivity contribution in [2.75, 3.05) is 13.7 Å². The Hall–Kier alpha value is -0.920. The SMILES string of the molecule is COP(=S)(NCC1CC1)Oc1ccc(C#N)cc1. The van der Waals surface area contributed by atoms with Crippen LogP contribution in [0.5, 0.6) is 5.75 Å². The fourth-order valence-electron chi connectivity index (χ4n) is 1.43. The minimum absolute atomic E-state index is 0.596. The van der Waals surface area contributed by atoms with E-state index in [9.17, 15) is 0 Å². The average molecular weight is 282 g/mol. The van der Waals surface area contributed by atoms with E-state index in [1.807, 2.05) is 0 Å². The first-order valence-corrected chi connectivity index (χ1v) is 8.40. The van der Waals surface area contributed by atoms with Crippen LogP contribution in [-0.4, -0.2) is 13.7 Å². The Labute approximate surface area is 112 Å². The Morgan fingerprint density at radius 3 is 2.61 bits per heavy atom. The Morgan fingerprint density at radius 1 is 1.44 bits per heavy atom. The fraction of sp³-hybridized carbons (Fsp3) is 0.417. The van der Waals surface area contributed by atoms with Gasteiger partial charge in [0.25, 0.3) is 0 Å². The number of nitrogens with one attached hydrogen (secondary N) is 1. The van der Waals surface area contributed by atoms with E-state index in [4.69, 9.17) is 26.1 Å². The maximum absolute atomic E-state index is 8.72. The third kappa shape index (κ3) is 3.79. The van der Waals surface area contributed by atoms with Crippen LogP contribution in [0.3, 0.4) is 0 Å². The predicted molar refractivity (Wildman–Crippen MR) is 73.8 cm³/mol. The molecule has 4 nitrogen and oxygen atoms in total. The van der Waals surface area contributed by atoms with Gasteiger partial charge in [-0.05, 0) is 54.8 Å². The largest absolute Gasteiger partial charge is 0.433 e. The highest BCUT2D eigenvalue weighted by molar-refractivity contribution is 8.09. The smallest absolute Gasteiger partial charge is 0.312 e. The van der Waals surface area contributed by atoms with Crippen molar-refractivity contribution in [2.45, 2.75) is 12.8 Å². The standard InChI is InChI=1S/C12H15N2O2PS/c1-15-17(18,14-9-11-2-3-11)16-12-6-4-10(8-13)5-7-12/h4-7,11H,2-3,9H2,1H3,(H,14,18). The normalized spacial score (nSPS) is 17.8. The molecule has 1 fully saturated rings. The van der Waals surface area contributed by atoms with Crippen molar-refractivity contribution in [2.24, 2.45) is 5.92 Å². The molecule has 18 heavy (non-hydrogen) atoms. The summed E-state index contributed by atoms with van der Waals surface area (Å²) >= 11 is 5.38. The lowest BCUT2D eigenvalue weighted by atomic mass is 10.2. The van der Waals surface area contributed by atoms with Crippen LogP contribution in [0.2, 0.25) is 0 Å². The van der Waals surface area contributed by atoms with E-state index < -0.39 is 6.64 Å². The summed E-state index contributed by atoms with van der Waals surface area (Å²) in [4.78, 5) is 0. The third-order valence-corrected chi connectivity index (χ3v) is 5.28. The molecule has 1 saturated carbocycles. The van der Waals surface area contributed by atoms with E-state index >= 15 is 0 Å². The first-order chi connectivity index (χ1) is 8.65. The Kier molecular flexibility index (Phi) is 4.36. The van der Waals surface area contributed by atoms with E-state index in [1.54, 1.807) is 31.4 Å². The number of hydrogen-bond acceptors (Lipinski definition) is 4. The molecule has 0 heterocycles. The molecule has 96 valence electrons. The second kappa shape index (κ2) is 5.81. The minimum atomic E-state index is -2.46. The average Bonchev–Trinajstić information content (AvgIpc) is 3.21. The molecule has 6 heteroatoms. The molecule has 1 aromatic rings. The zero-order valence-electron chi connectivity index (χ0n) is 10.1. The summed E-state index contributed by atoms with van der Waals surface area (Å²) in [6, 6.07) is 8.93.